The third kappa shape index (κ3) is 10.9. The Bertz CT molecular complexity index is 408. The van der Waals surface area contributed by atoms with Gasteiger partial charge in [0.1, 0.15) is 20.1 Å². The molecule has 25 heavy (non-hydrogen) atoms. The van der Waals surface area contributed by atoms with Crippen molar-refractivity contribution in [3.63, 3.8) is 0 Å². The number of unbranched alkanes of at least 4 members (excludes halogenated alkanes) is 8. The van der Waals surface area contributed by atoms with Crippen LogP contribution in [0.2, 0.25) is 0 Å². The van der Waals surface area contributed by atoms with E-state index in [-0.39, 0.29) is 17.0 Å². The molecule has 0 radical (unpaired) electrons. The first-order chi connectivity index (χ1) is 11.6. The van der Waals surface area contributed by atoms with Crippen LogP contribution in [0.5, 0.6) is 5.75 Å². The smallest absolute Gasteiger partial charge is 0.190 e. The molecule has 0 N–H and O–H groups in total. The number of hydrogen-bond donors (Lipinski definition) is 0. The Morgan fingerprint density at radius 1 is 0.800 bits per heavy atom. The van der Waals surface area contributed by atoms with Gasteiger partial charge in [0.15, 0.2) is 5.75 Å². The fourth-order valence-electron chi connectivity index (χ4n) is 3.47. The second kappa shape index (κ2) is 14.6. The van der Waals surface area contributed by atoms with Gasteiger partial charge in [-0.25, -0.2) is 0 Å². The molecule has 0 spiro atoms. The summed E-state index contributed by atoms with van der Waals surface area (Å²) in [6, 6.07) is 10.8. The van der Waals surface area contributed by atoms with Crippen LogP contribution in [-0.4, -0.2) is 24.8 Å². The molecule has 2 nitrogen and oxygen atoms in total. The monoisotopic (exact) mass is 413 g/mol. The van der Waals surface area contributed by atoms with Gasteiger partial charge in [-0.2, -0.15) is 0 Å². The maximum atomic E-state index is 6.23. The standard InChI is InChI=1S/C22H40NO.BrH/c1-5-7-8-9-10-11-12-13-15-18-21(6-2)23(3,4)24-22-19-16-14-17-20-22;/h14,16-17,19-21H,5-13,15,18H2,1-4H3;1H/q+1;/p-1. The first kappa shape index (κ1) is 24.5. The van der Waals surface area contributed by atoms with E-state index in [1.54, 1.807) is 0 Å². The summed E-state index contributed by atoms with van der Waals surface area (Å²) in [6.45, 7) is 4.57. The van der Waals surface area contributed by atoms with E-state index in [0.717, 1.165) is 12.2 Å². The largest absolute Gasteiger partial charge is 1.00 e. The van der Waals surface area contributed by atoms with Crippen LogP contribution in [-0.2, 0) is 0 Å². The molecule has 1 rings (SSSR count). The van der Waals surface area contributed by atoms with E-state index in [4.69, 9.17) is 4.84 Å². The van der Waals surface area contributed by atoms with Crippen molar-refractivity contribution >= 4 is 0 Å². The van der Waals surface area contributed by atoms with Gasteiger partial charge in [-0.15, -0.1) is 4.65 Å². The summed E-state index contributed by atoms with van der Waals surface area (Å²) in [6.07, 6.45) is 15.0. The Labute approximate surface area is 167 Å². The molecule has 0 aromatic heterocycles. The highest BCUT2D eigenvalue weighted by atomic mass is 79.9. The number of halogens is 1. The Morgan fingerprint density at radius 2 is 1.32 bits per heavy atom. The van der Waals surface area contributed by atoms with Crippen molar-refractivity contribution in [3.05, 3.63) is 30.3 Å². The van der Waals surface area contributed by atoms with Crippen molar-refractivity contribution in [3.8, 4) is 5.75 Å². The molecule has 0 saturated heterocycles. The molecular weight excluding hydrogens is 374 g/mol. The summed E-state index contributed by atoms with van der Waals surface area (Å²) in [4.78, 5) is 6.23. The third-order valence-electron chi connectivity index (χ3n) is 5.08. The minimum Gasteiger partial charge on any atom is -1.00 e. The molecule has 1 unspecified atom stereocenters. The topological polar surface area (TPSA) is 9.23 Å². The van der Waals surface area contributed by atoms with Gasteiger partial charge in [0.05, 0.1) is 0 Å². The van der Waals surface area contributed by atoms with Crippen LogP contribution < -0.4 is 21.8 Å². The minimum absolute atomic E-state index is 0. The van der Waals surface area contributed by atoms with Crippen molar-refractivity contribution in [2.75, 3.05) is 14.1 Å². The SMILES string of the molecule is CCCCCCCCCCCC(CC)[N+](C)(C)Oc1ccccc1.[Br-]. The van der Waals surface area contributed by atoms with Crippen LogP contribution in [0, 0.1) is 0 Å². The molecule has 146 valence electrons. The fraction of sp³-hybridized carbons (Fsp3) is 0.727. The Morgan fingerprint density at radius 3 is 1.84 bits per heavy atom. The molecule has 3 heteroatoms. The van der Waals surface area contributed by atoms with Crippen LogP contribution in [0.25, 0.3) is 0 Å². The van der Waals surface area contributed by atoms with E-state index < -0.39 is 0 Å². The molecule has 0 amide bonds. The zero-order chi connectivity index (χ0) is 17.7. The lowest BCUT2D eigenvalue weighted by Gasteiger charge is -2.35. The van der Waals surface area contributed by atoms with Gasteiger partial charge in [0.2, 0.25) is 0 Å². The zero-order valence-corrected chi connectivity index (χ0v) is 18.6. The molecule has 0 aliphatic carbocycles. The van der Waals surface area contributed by atoms with Gasteiger partial charge in [0.25, 0.3) is 0 Å². The summed E-state index contributed by atoms with van der Waals surface area (Å²) < 4.78 is 0.623. The summed E-state index contributed by atoms with van der Waals surface area (Å²) in [7, 11) is 4.38. The van der Waals surface area contributed by atoms with Gasteiger partial charge in [0, 0.05) is 12.8 Å². The number of para-hydroxylation sites is 1. The van der Waals surface area contributed by atoms with Crippen LogP contribution in [0.15, 0.2) is 30.3 Å². The first-order valence-electron chi connectivity index (χ1n) is 10.2. The summed E-state index contributed by atoms with van der Waals surface area (Å²) in [5.41, 5.74) is 0. The molecule has 0 heterocycles. The summed E-state index contributed by atoms with van der Waals surface area (Å²) >= 11 is 0. The number of benzene rings is 1. The molecule has 1 aromatic carbocycles. The normalized spacial score (nSPS) is 12.5. The van der Waals surface area contributed by atoms with Crippen molar-refractivity contribution < 1.29 is 26.5 Å². The molecule has 0 aliphatic rings. The van der Waals surface area contributed by atoms with Crippen LogP contribution in [0.1, 0.15) is 84.5 Å². The molecule has 0 fully saturated rings. The third-order valence-corrected chi connectivity index (χ3v) is 5.08. The number of hydrogen-bond acceptors (Lipinski definition) is 1. The highest BCUT2D eigenvalue weighted by molar-refractivity contribution is 5.20. The lowest BCUT2D eigenvalue weighted by atomic mass is 10.0. The van der Waals surface area contributed by atoms with Gasteiger partial charge >= 0.3 is 0 Å². The van der Waals surface area contributed by atoms with Gasteiger partial charge < -0.3 is 21.8 Å². The molecule has 0 bridgehead atoms. The quantitative estimate of drug-likeness (QED) is 0.256. The van der Waals surface area contributed by atoms with Crippen LogP contribution in [0.3, 0.4) is 0 Å². The lowest BCUT2D eigenvalue weighted by Crippen LogP contribution is -3.00. The van der Waals surface area contributed by atoms with Crippen molar-refractivity contribution in [1.29, 1.82) is 0 Å². The Hall–Kier alpha value is -0.540. The van der Waals surface area contributed by atoms with Crippen molar-refractivity contribution in [1.82, 2.24) is 0 Å². The lowest BCUT2D eigenvalue weighted by molar-refractivity contribution is -1.07. The Kier molecular flexibility index (Phi) is 14.3. The first-order valence-corrected chi connectivity index (χ1v) is 10.2. The summed E-state index contributed by atoms with van der Waals surface area (Å²) in [5.74, 6) is 0.966. The molecule has 1 aromatic rings. The van der Waals surface area contributed by atoms with E-state index in [1.807, 2.05) is 30.3 Å². The summed E-state index contributed by atoms with van der Waals surface area (Å²) in [5, 5.41) is 0. The number of quaternary nitrogens is 1. The number of hydroxylamine groups is 3. The minimum atomic E-state index is 0. The average Bonchev–Trinajstić information content (AvgIpc) is 2.57. The maximum Gasteiger partial charge on any atom is 0.190 e. The van der Waals surface area contributed by atoms with E-state index in [9.17, 15) is 0 Å². The average molecular weight is 414 g/mol. The van der Waals surface area contributed by atoms with Gasteiger partial charge in [-0.05, 0) is 18.6 Å². The maximum absolute atomic E-state index is 6.23. The van der Waals surface area contributed by atoms with Gasteiger partial charge in [-0.3, -0.25) is 0 Å². The van der Waals surface area contributed by atoms with Crippen LogP contribution >= 0.6 is 0 Å². The van der Waals surface area contributed by atoms with E-state index in [1.165, 1.54) is 64.2 Å². The second-order valence-corrected chi connectivity index (χ2v) is 7.52. The second-order valence-electron chi connectivity index (χ2n) is 7.52. The van der Waals surface area contributed by atoms with E-state index in [0.29, 0.717) is 10.7 Å². The van der Waals surface area contributed by atoms with Crippen LogP contribution in [0.4, 0.5) is 0 Å². The molecule has 1 atom stereocenters. The van der Waals surface area contributed by atoms with Gasteiger partial charge in [-0.1, -0.05) is 83.4 Å². The predicted octanol–water partition coefficient (Wildman–Crippen LogP) is 3.76. The fourth-order valence-corrected chi connectivity index (χ4v) is 3.47. The molecule has 0 saturated carbocycles. The van der Waals surface area contributed by atoms with E-state index in [2.05, 4.69) is 27.9 Å². The Balaban J connectivity index is 0.00000576. The molecular formula is C22H40BrNO. The molecule has 0 aliphatic heterocycles. The predicted molar refractivity (Wildman–Crippen MR) is 105 cm³/mol. The highest BCUT2D eigenvalue weighted by Crippen LogP contribution is 2.22. The zero-order valence-electron chi connectivity index (χ0n) is 17.0. The number of rotatable bonds is 14. The van der Waals surface area contributed by atoms with Crippen molar-refractivity contribution in [2.45, 2.75) is 90.5 Å². The van der Waals surface area contributed by atoms with E-state index >= 15 is 0 Å². The number of nitrogens with zero attached hydrogens (tertiary/aromatic N) is 1. The van der Waals surface area contributed by atoms with Crippen molar-refractivity contribution in [2.24, 2.45) is 0 Å². The highest BCUT2D eigenvalue weighted by Gasteiger charge is 2.29.